The van der Waals surface area contributed by atoms with E-state index in [4.69, 9.17) is 28.9 Å². The van der Waals surface area contributed by atoms with Crippen molar-refractivity contribution in [1.29, 1.82) is 0 Å². The first-order chi connectivity index (χ1) is 15.7. The van der Waals surface area contributed by atoms with Crippen LogP contribution in [0.25, 0.3) is 11.1 Å². The van der Waals surface area contributed by atoms with Crippen molar-refractivity contribution in [3.05, 3.63) is 62.7 Å². The topological polar surface area (TPSA) is 104 Å². The molecule has 1 aliphatic rings. The highest BCUT2D eigenvalue weighted by molar-refractivity contribution is 6.36. The molecule has 1 aromatic carbocycles. The van der Waals surface area contributed by atoms with Crippen LogP contribution in [-0.4, -0.2) is 47.0 Å². The Balaban J connectivity index is 1.96. The number of nitrogens with zero attached hydrogens (tertiary/aromatic N) is 4. The van der Waals surface area contributed by atoms with Gasteiger partial charge in [0.1, 0.15) is 12.4 Å². The van der Waals surface area contributed by atoms with Gasteiger partial charge in [-0.15, -0.1) is 0 Å². The van der Waals surface area contributed by atoms with Crippen LogP contribution in [0.15, 0.2) is 35.2 Å². The van der Waals surface area contributed by atoms with Gasteiger partial charge in [-0.2, -0.15) is 5.10 Å². The van der Waals surface area contributed by atoms with E-state index in [-0.39, 0.29) is 31.4 Å². The average Bonchev–Trinajstić information content (AvgIpc) is 3.06. The van der Waals surface area contributed by atoms with Crippen molar-refractivity contribution in [2.45, 2.75) is 33.4 Å². The van der Waals surface area contributed by atoms with Crippen LogP contribution in [0.5, 0.6) is 0 Å². The lowest BCUT2D eigenvalue weighted by atomic mass is 9.93. The summed E-state index contributed by atoms with van der Waals surface area (Å²) >= 11 is 12.6. The quantitative estimate of drug-likeness (QED) is 0.435. The molecule has 2 heterocycles. The zero-order valence-electron chi connectivity index (χ0n) is 18.8. The van der Waals surface area contributed by atoms with Crippen LogP contribution in [0.4, 0.5) is 0 Å². The minimum atomic E-state index is -0.354. The number of hydrogen-bond donors (Lipinski definition) is 2. The van der Waals surface area contributed by atoms with Crippen molar-refractivity contribution >= 4 is 41.7 Å². The Morgan fingerprint density at radius 2 is 2.12 bits per heavy atom. The molecular formula is C23H26Cl2N6O2. The van der Waals surface area contributed by atoms with Crippen molar-refractivity contribution in [1.82, 2.24) is 20.2 Å². The highest BCUT2D eigenvalue weighted by atomic mass is 35.5. The zero-order valence-corrected chi connectivity index (χ0v) is 20.3. The molecule has 0 fully saturated rings. The van der Waals surface area contributed by atoms with Crippen molar-refractivity contribution < 1.29 is 9.59 Å². The van der Waals surface area contributed by atoms with Crippen molar-refractivity contribution in [3.63, 3.8) is 0 Å². The van der Waals surface area contributed by atoms with E-state index in [0.29, 0.717) is 50.4 Å². The summed E-state index contributed by atoms with van der Waals surface area (Å²) in [5, 5.41) is 8.94. The summed E-state index contributed by atoms with van der Waals surface area (Å²) < 4.78 is 0. The number of carbonyl (C=O) groups is 2. The molecule has 174 valence electrons. The van der Waals surface area contributed by atoms with Gasteiger partial charge >= 0.3 is 0 Å². The molecule has 0 bridgehead atoms. The van der Waals surface area contributed by atoms with Crippen molar-refractivity contribution in [2.24, 2.45) is 10.8 Å². The van der Waals surface area contributed by atoms with Crippen molar-refractivity contribution in [2.75, 3.05) is 13.6 Å². The maximum Gasteiger partial charge on any atom is 0.257 e. The number of aryl methyl sites for hydroxylation is 1. The Bertz CT molecular complexity index is 1150. The monoisotopic (exact) mass is 488 g/mol. The molecule has 1 aromatic heterocycles. The fourth-order valence-electron chi connectivity index (χ4n) is 3.81. The third kappa shape index (κ3) is 5.03. The van der Waals surface area contributed by atoms with Gasteiger partial charge in [0.25, 0.3) is 5.91 Å². The van der Waals surface area contributed by atoms with E-state index in [9.17, 15) is 9.59 Å². The SMILES string of the molecule is C=NN(C)/C(=C\CC)NC(=O)CN1Cc2nc(C)c(CN)c(-c3ccc(Cl)cc3Cl)c2C1=O. The minimum Gasteiger partial charge on any atom is -0.326 e. The summed E-state index contributed by atoms with van der Waals surface area (Å²) in [5.74, 6) is -0.164. The molecule has 0 unspecified atom stereocenters. The second kappa shape index (κ2) is 10.3. The number of benzene rings is 1. The number of rotatable bonds is 8. The van der Waals surface area contributed by atoms with Gasteiger partial charge in [0.05, 0.1) is 17.8 Å². The number of fused-ring (bicyclic) bond motifs is 1. The maximum atomic E-state index is 13.4. The third-order valence-electron chi connectivity index (χ3n) is 5.39. The Morgan fingerprint density at radius 3 is 2.73 bits per heavy atom. The van der Waals surface area contributed by atoms with Gasteiger partial charge in [0.15, 0.2) is 0 Å². The van der Waals surface area contributed by atoms with Gasteiger partial charge < -0.3 is 16.0 Å². The van der Waals surface area contributed by atoms with Gasteiger partial charge in [0, 0.05) is 47.2 Å². The van der Waals surface area contributed by atoms with Crippen LogP contribution in [-0.2, 0) is 17.9 Å². The van der Waals surface area contributed by atoms with Crippen molar-refractivity contribution in [3.8, 4) is 11.1 Å². The summed E-state index contributed by atoms with van der Waals surface area (Å²) in [6.45, 7) is 7.49. The van der Waals surface area contributed by atoms with Gasteiger partial charge in [0.2, 0.25) is 5.91 Å². The highest BCUT2D eigenvalue weighted by Crippen LogP contribution is 2.39. The van der Waals surface area contributed by atoms with E-state index in [2.05, 4.69) is 22.1 Å². The highest BCUT2D eigenvalue weighted by Gasteiger charge is 2.35. The number of allylic oxidation sites excluding steroid dienone is 1. The van der Waals surface area contributed by atoms with Gasteiger partial charge in [-0.05, 0) is 37.1 Å². The molecule has 3 N–H and O–H groups in total. The molecule has 33 heavy (non-hydrogen) atoms. The Kier molecular flexibility index (Phi) is 7.73. The first-order valence-corrected chi connectivity index (χ1v) is 11.1. The summed E-state index contributed by atoms with van der Waals surface area (Å²) in [6.07, 6.45) is 2.51. The minimum absolute atomic E-state index is 0.147. The molecule has 2 aromatic rings. The van der Waals surface area contributed by atoms with Crippen LogP contribution in [0.1, 0.15) is 40.7 Å². The van der Waals surface area contributed by atoms with Crippen LogP contribution < -0.4 is 11.1 Å². The Labute approximate surface area is 203 Å². The average molecular weight is 489 g/mol. The maximum absolute atomic E-state index is 13.4. The summed E-state index contributed by atoms with van der Waals surface area (Å²) in [7, 11) is 1.68. The second-order valence-corrected chi connectivity index (χ2v) is 8.42. The molecule has 2 amide bonds. The molecule has 10 heteroatoms. The zero-order chi connectivity index (χ0) is 24.3. The van der Waals surface area contributed by atoms with Crippen LogP contribution in [0.2, 0.25) is 10.0 Å². The number of hydrogen-bond acceptors (Lipinski definition) is 6. The normalized spacial score (nSPS) is 13.2. The lowest BCUT2D eigenvalue weighted by Crippen LogP contribution is -2.39. The lowest BCUT2D eigenvalue weighted by molar-refractivity contribution is -0.121. The van der Waals surface area contributed by atoms with Crippen LogP contribution in [0.3, 0.4) is 0 Å². The number of aromatic nitrogens is 1. The molecule has 0 saturated heterocycles. The molecule has 0 radical (unpaired) electrons. The second-order valence-electron chi connectivity index (χ2n) is 7.57. The van der Waals surface area contributed by atoms with Crippen LogP contribution >= 0.6 is 23.2 Å². The standard InChI is InChI=1S/C23H26Cl2N6O2/c1-5-6-19(30(4)27-3)29-20(32)12-31-11-18-22(23(31)33)21(16(10-26)13(2)28-18)15-8-7-14(24)9-17(15)25/h6-9H,3,5,10-12,26H2,1-2,4H3,(H,29,32)/b19-6-. The predicted molar refractivity (Wildman–Crippen MR) is 131 cm³/mol. The molecular weight excluding hydrogens is 463 g/mol. The Hall–Kier alpha value is -2.94. The van der Waals surface area contributed by atoms with Gasteiger partial charge in [-0.3, -0.25) is 19.6 Å². The number of nitrogens with one attached hydrogen (secondary N) is 1. The molecule has 0 aliphatic carbocycles. The van der Waals surface area contributed by atoms with Gasteiger partial charge in [-0.25, -0.2) is 0 Å². The van der Waals surface area contributed by atoms with Crippen LogP contribution in [0, 0.1) is 6.92 Å². The largest absolute Gasteiger partial charge is 0.326 e. The molecule has 0 atom stereocenters. The number of carbonyl (C=O) groups excluding carboxylic acids is 2. The van der Waals surface area contributed by atoms with E-state index in [1.165, 1.54) is 9.91 Å². The lowest BCUT2D eigenvalue weighted by Gasteiger charge is -2.20. The van der Waals surface area contributed by atoms with E-state index in [1.807, 2.05) is 19.9 Å². The third-order valence-corrected chi connectivity index (χ3v) is 5.93. The number of nitrogens with two attached hydrogens (primary N) is 1. The Morgan fingerprint density at radius 1 is 1.39 bits per heavy atom. The van der Waals surface area contributed by atoms with Gasteiger partial charge in [-0.1, -0.05) is 36.2 Å². The number of amides is 2. The smallest absolute Gasteiger partial charge is 0.257 e. The van der Waals surface area contributed by atoms with E-state index in [0.717, 1.165) is 5.56 Å². The molecule has 0 saturated carbocycles. The first kappa shape index (κ1) is 24.7. The first-order valence-electron chi connectivity index (χ1n) is 10.4. The fraction of sp³-hybridized carbons (Fsp3) is 0.304. The molecule has 0 spiro atoms. The van der Waals surface area contributed by atoms with E-state index < -0.39 is 0 Å². The fourth-order valence-corrected chi connectivity index (χ4v) is 4.32. The molecule has 1 aliphatic heterocycles. The van der Waals surface area contributed by atoms with E-state index in [1.54, 1.807) is 25.2 Å². The number of halogens is 2. The summed E-state index contributed by atoms with van der Waals surface area (Å²) in [5.41, 5.74) is 9.74. The summed E-state index contributed by atoms with van der Waals surface area (Å²) in [4.78, 5) is 32.2. The summed E-state index contributed by atoms with van der Waals surface area (Å²) in [6, 6.07) is 5.10. The number of pyridine rings is 1. The molecule has 8 nitrogen and oxygen atoms in total. The van der Waals surface area contributed by atoms with E-state index >= 15 is 0 Å². The number of hydrazone groups is 1. The predicted octanol–water partition coefficient (Wildman–Crippen LogP) is 3.69. The molecule has 3 rings (SSSR count).